The molecule has 2 aromatic carbocycles. The molecular formula is C27H26N6O3. The Morgan fingerprint density at radius 3 is 2.39 bits per heavy atom. The van der Waals surface area contributed by atoms with Gasteiger partial charge in [-0.25, -0.2) is 9.67 Å². The van der Waals surface area contributed by atoms with Crippen molar-refractivity contribution in [3.05, 3.63) is 94.9 Å². The second-order valence-electron chi connectivity index (χ2n) is 8.80. The van der Waals surface area contributed by atoms with E-state index in [0.717, 1.165) is 17.8 Å². The molecule has 9 nitrogen and oxygen atoms in total. The summed E-state index contributed by atoms with van der Waals surface area (Å²) in [6.07, 6.45) is 4.21. The minimum absolute atomic E-state index is 0.0327. The number of hydrogen-bond acceptors (Lipinski definition) is 7. The molecule has 182 valence electrons. The van der Waals surface area contributed by atoms with Gasteiger partial charge in [-0.05, 0) is 66.6 Å². The van der Waals surface area contributed by atoms with Gasteiger partial charge in [0, 0.05) is 50.1 Å². The molecule has 0 spiro atoms. The fraction of sp³-hybridized carbons (Fsp3) is 0.222. The molecule has 1 aliphatic rings. The van der Waals surface area contributed by atoms with E-state index in [1.54, 1.807) is 61.8 Å². The smallest absolute Gasteiger partial charge is 0.254 e. The van der Waals surface area contributed by atoms with Gasteiger partial charge in [-0.3, -0.25) is 9.59 Å². The third-order valence-corrected chi connectivity index (χ3v) is 6.30. The number of fused-ring (bicyclic) bond motifs is 1. The minimum Gasteiger partial charge on any atom is -0.497 e. The van der Waals surface area contributed by atoms with Gasteiger partial charge in [-0.1, -0.05) is 5.21 Å². The first-order chi connectivity index (χ1) is 17.4. The van der Waals surface area contributed by atoms with Crippen molar-refractivity contribution >= 4 is 17.5 Å². The van der Waals surface area contributed by atoms with Gasteiger partial charge in [0.15, 0.2) is 5.69 Å². The average molecular weight is 483 g/mol. The summed E-state index contributed by atoms with van der Waals surface area (Å²) in [5.41, 5.74) is 4.36. The molecule has 0 bridgehead atoms. The molecule has 0 saturated heterocycles. The monoisotopic (exact) mass is 482 g/mol. The highest BCUT2D eigenvalue weighted by Crippen LogP contribution is 2.27. The van der Waals surface area contributed by atoms with Crippen LogP contribution in [0.4, 0.5) is 5.82 Å². The normalized spacial score (nSPS) is 12.7. The van der Waals surface area contributed by atoms with Gasteiger partial charge in [0.1, 0.15) is 11.6 Å². The Morgan fingerprint density at radius 2 is 1.69 bits per heavy atom. The Labute approximate surface area is 208 Å². The van der Waals surface area contributed by atoms with Crippen LogP contribution in [0.2, 0.25) is 0 Å². The fourth-order valence-electron chi connectivity index (χ4n) is 4.33. The highest BCUT2D eigenvalue weighted by Gasteiger charge is 2.25. The summed E-state index contributed by atoms with van der Waals surface area (Å²) in [6, 6.07) is 16.0. The highest BCUT2D eigenvalue weighted by atomic mass is 16.5. The van der Waals surface area contributed by atoms with E-state index in [0.29, 0.717) is 35.7 Å². The molecule has 0 saturated carbocycles. The summed E-state index contributed by atoms with van der Waals surface area (Å²) in [6.45, 7) is 1.18. The number of ketones is 1. The molecule has 1 amide bonds. The highest BCUT2D eigenvalue weighted by molar-refractivity contribution is 6.07. The number of aromatic nitrogens is 4. The van der Waals surface area contributed by atoms with Crippen molar-refractivity contribution < 1.29 is 14.3 Å². The standard InChI is InChI=1S/C27H26N6O3/c1-31(2)26-23-16-32(15-13-18(23)12-14-28-26)27(35)20-4-8-21(9-5-20)33-17-24(29-30-33)25(34)19-6-10-22(36-3)11-7-19/h4-12,14,17H,13,15-16H2,1-3H3. The Hall–Kier alpha value is -4.53. The molecule has 0 unspecified atom stereocenters. The molecule has 2 aromatic heterocycles. The lowest BCUT2D eigenvalue weighted by molar-refractivity contribution is 0.0734. The Bertz CT molecular complexity index is 1410. The zero-order chi connectivity index (χ0) is 25.2. The summed E-state index contributed by atoms with van der Waals surface area (Å²) < 4.78 is 6.66. The molecule has 5 rings (SSSR count). The molecule has 0 atom stereocenters. The number of carbonyl (C=O) groups excluding carboxylic acids is 2. The Kier molecular flexibility index (Phi) is 6.20. The molecule has 4 aromatic rings. The second kappa shape index (κ2) is 9.61. The molecule has 36 heavy (non-hydrogen) atoms. The van der Waals surface area contributed by atoms with Crippen molar-refractivity contribution in [3.63, 3.8) is 0 Å². The maximum absolute atomic E-state index is 13.2. The summed E-state index contributed by atoms with van der Waals surface area (Å²) in [5.74, 6) is 1.31. The van der Waals surface area contributed by atoms with Gasteiger partial charge < -0.3 is 14.5 Å². The van der Waals surface area contributed by atoms with Crippen LogP contribution in [0, 0.1) is 0 Å². The van der Waals surface area contributed by atoms with Crippen LogP contribution in [0.5, 0.6) is 5.75 Å². The van der Waals surface area contributed by atoms with Crippen LogP contribution in [0.1, 0.15) is 37.5 Å². The third kappa shape index (κ3) is 4.43. The zero-order valence-corrected chi connectivity index (χ0v) is 20.4. The van der Waals surface area contributed by atoms with E-state index < -0.39 is 0 Å². The number of pyridine rings is 1. The van der Waals surface area contributed by atoms with Crippen molar-refractivity contribution in [3.8, 4) is 11.4 Å². The van der Waals surface area contributed by atoms with Crippen molar-refractivity contribution in [1.29, 1.82) is 0 Å². The van der Waals surface area contributed by atoms with E-state index in [1.165, 1.54) is 10.2 Å². The van der Waals surface area contributed by atoms with E-state index in [4.69, 9.17) is 4.74 Å². The van der Waals surface area contributed by atoms with Crippen LogP contribution in [0.15, 0.2) is 67.0 Å². The number of benzene rings is 2. The molecular weight excluding hydrogens is 456 g/mol. The SMILES string of the molecule is COc1ccc(C(=O)c2cn(-c3ccc(C(=O)N4CCc5ccnc(N(C)C)c5C4)cc3)nn2)cc1. The van der Waals surface area contributed by atoms with Crippen molar-refractivity contribution in [2.45, 2.75) is 13.0 Å². The molecule has 0 radical (unpaired) electrons. The van der Waals surface area contributed by atoms with Gasteiger partial charge in [0.25, 0.3) is 5.91 Å². The first-order valence-electron chi connectivity index (χ1n) is 11.6. The van der Waals surface area contributed by atoms with E-state index >= 15 is 0 Å². The van der Waals surface area contributed by atoms with Crippen LogP contribution in [-0.2, 0) is 13.0 Å². The van der Waals surface area contributed by atoms with Crippen molar-refractivity contribution in [2.75, 3.05) is 32.6 Å². The molecule has 1 aliphatic heterocycles. The third-order valence-electron chi connectivity index (χ3n) is 6.30. The van der Waals surface area contributed by atoms with Gasteiger partial charge >= 0.3 is 0 Å². The van der Waals surface area contributed by atoms with E-state index in [9.17, 15) is 9.59 Å². The molecule has 0 aliphatic carbocycles. The predicted octanol–water partition coefficient (Wildman–Crippen LogP) is 3.17. The van der Waals surface area contributed by atoms with Crippen molar-refractivity contribution in [1.82, 2.24) is 24.9 Å². The van der Waals surface area contributed by atoms with Crippen LogP contribution in [0.25, 0.3) is 5.69 Å². The number of anilines is 1. The maximum atomic E-state index is 13.2. The number of hydrogen-bond donors (Lipinski definition) is 0. The van der Waals surface area contributed by atoms with E-state index in [2.05, 4.69) is 15.3 Å². The van der Waals surface area contributed by atoms with Crippen LogP contribution >= 0.6 is 0 Å². The number of methoxy groups -OCH3 is 1. The molecule has 0 N–H and O–H groups in total. The maximum Gasteiger partial charge on any atom is 0.254 e. The summed E-state index contributed by atoms with van der Waals surface area (Å²) in [5, 5.41) is 8.13. The van der Waals surface area contributed by atoms with E-state index in [1.807, 2.05) is 36.2 Å². The van der Waals surface area contributed by atoms with Gasteiger partial charge in [0.05, 0.1) is 19.0 Å². The quantitative estimate of drug-likeness (QED) is 0.390. The lowest BCUT2D eigenvalue weighted by Crippen LogP contribution is -2.37. The number of nitrogens with zero attached hydrogens (tertiary/aromatic N) is 6. The lowest BCUT2D eigenvalue weighted by atomic mass is 10.00. The Morgan fingerprint density at radius 1 is 0.972 bits per heavy atom. The van der Waals surface area contributed by atoms with Crippen LogP contribution < -0.4 is 9.64 Å². The summed E-state index contributed by atoms with van der Waals surface area (Å²) >= 11 is 0. The minimum atomic E-state index is -0.229. The Balaban J connectivity index is 1.30. The average Bonchev–Trinajstić information content (AvgIpc) is 3.42. The topological polar surface area (TPSA) is 93.5 Å². The number of carbonyl (C=O) groups is 2. The van der Waals surface area contributed by atoms with Gasteiger partial charge in [-0.2, -0.15) is 0 Å². The van der Waals surface area contributed by atoms with E-state index in [-0.39, 0.29) is 17.4 Å². The summed E-state index contributed by atoms with van der Waals surface area (Å²) in [4.78, 5) is 34.3. The van der Waals surface area contributed by atoms with Crippen LogP contribution in [0.3, 0.4) is 0 Å². The van der Waals surface area contributed by atoms with Crippen LogP contribution in [-0.4, -0.2) is 64.3 Å². The van der Waals surface area contributed by atoms with Gasteiger partial charge in [0.2, 0.25) is 5.78 Å². The molecule has 9 heteroatoms. The first-order valence-corrected chi connectivity index (χ1v) is 11.6. The predicted molar refractivity (Wildman–Crippen MR) is 135 cm³/mol. The number of ether oxygens (including phenoxy) is 1. The van der Waals surface area contributed by atoms with Gasteiger partial charge in [-0.15, -0.1) is 5.10 Å². The summed E-state index contributed by atoms with van der Waals surface area (Å²) in [7, 11) is 5.50. The molecule has 3 heterocycles. The second-order valence-corrected chi connectivity index (χ2v) is 8.80. The lowest BCUT2D eigenvalue weighted by Gasteiger charge is -2.31. The number of amides is 1. The largest absolute Gasteiger partial charge is 0.497 e. The zero-order valence-electron chi connectivity index (χ0n) is 20.4. The number of rotatable bonds is 6. The fourth-order valence-corrected chi connectivity index (χ4v) is 4.33. The van der Waals surface area contributed by atoms with Crippen molar-refractivity contribution in [2.24, 2.45) is 0 Å². The first kappa shape index (κ1) is 23.2. The molecule has 0 fully saturated rings.